The van der Waals surface area contributed by atoms with Gasteiger partial charge in [-0.3, -0.25) is 0 Å². The number of pyridine rings is 1. The number of aromatic nitrogens is 1. The van der Waals surface area contributed by atoms with Crippen LogP contribution in [0.25, 0.3) is 10.2 Å². The standard InChI is InChI=1S/C18H18F2N4OS/c1-24-5-4-14-9(8-24)6-11-15(21)16(26-18(11)23-14)17(25)22-10-2-3-12(19)13(20)7-10/h2-3,6-7,17,22,25H,4-5,8,21H2,1H3. The SMILES string of the molecule is CN1CCc2nc3sc(C(O)Nc4ccc(F)c(F)c4)c(N)c3cc2C1. The van der Waals surface area contributed by atoms with E-state index in [-0.39, 0.29) is 5.69 Å². The van der Waals surface area contributed by atoms with Crippen molar-refractivity contribution < 1.29 is 13.9 Å². The van der Waals surface area contributed by atoms with Gasteiger partial charge in [0.1, 0.15) is 4.83 Å². The molecule has 5 nitrogen and oxygen atoms in total. The zero-order valence-electron chi connectivity index (χ0n) is 14.1. The van der Waals surface area contributed by atoms with E-state index in [4.69, 9.17) is 10.7 Å². The number of hydrogen-bond donors (Lipinski definition) is 3. The Morgan fingerprint density at radius 3 is 2.88 bits per heavy atom. The minimum absolute atomic E-state index is 0.266. The molecular weight excluding hydrogens is 358 g/mol. The van der Waals surface area contributed by atoms with Crippen LogP contribution in [0.15, 0.2) is 24.3 Å². The molecule has 3 heterocycles. The first kappa shape index (κ1) is 17.1. The summed E-state index contributed by atoms with van der Waals surface area (Å²) in [6, 6.07) is 5.39. The molecule has 4 N–H and O–H groups in total. The van der Waals surface area contributed by atoms with Gasteiger partial charge in [0.15, 0.2) is 17.9 Å². The smallest absolute Gasteiger partial charge is 0.162 e. The average Bonchev–Trinajstić information content (AvgIpc) is 2.92. The fourth-order valence-electron chi connectivity index (χ4n) is 3.17. The van der Waals surface area contributed by atoms with Gasteiger partial charge in [0.25, 0.3) is 0 Å². The molecule has 0 spiro atoms. The van der Waals surface area contributed by atoms with Crippen LogP contribution in [-0.2, 0) is 13.0 Å². The number of aliphatic hydroxyl groups excluding tert-OH is 1. The molecule has 1 aliphatic heterocycles. The Hall–Kier alpha value is -2.29. The number of nitrogens with one attached hydrogen (secondary N) is 1. The number of nitrogen functional groups attached to an aromatic ring is 1. The highest BCUT2D eigenvalue weighted by Crippen LogP contribution is 2.38. The van der Waals surface area contributed by atoms with Crippen LogP contribution in [-0.4, -0.2) is 28.6 Å². The Morgan fingerprint density at radius 1 is 1.31 bits per heavy atom. The van der Waals surface area contributed by atoms with E-state index in [1.807, 2.05) is 6.07 Å². The highest BCUT2D eigenvalue weighted by molar-refractivity contribution is 7.19. The summed E-state index contributed by atoms with van der Waals surface area (Å²) in [5, 5.41) is 14.0. The third-order valence-corrected chi connectivity index (χ3v) is 5.73. The lowest BCUT2D eigenvalue weighted by Gasteiger charge is -2.24. The van der Waals surface area contributed by atoms with Gasteiger partial charge in [-0.25, -0.2) is 13.8 Å². The minimum atomic E-state index is -1.14. The van der Waals surface area contributed by atoms with Crippen LogP contribution >= 0.6 is 11.3 Å². The number of fused-ring (bicyclic) bond motifs is 2. The molecule has 4 rings (SSSR count). The molecule has 0 aliphatic carbocycles. The number of nitrogens with two attached hydrogens (primary N) is 1. The van der Waals surface area contributed by atoms with Gasteiger partial charge >= 0.3 is 0 Å². The molecule has 1 aromatic carbocycles. The van der Waals surface area contributed by atoms with Crippen LogP contribution in [0.2, 0.25) is 0 Å². The number of likely N-dealkylation sites (N-methyl/N-ethyl adjacent to an activating group) is 1. The molecule has 8 heteroatoms. The summed E-state index contributed by atoms with van der Waals surface area (Å²) >= 11 is 1.30. The number of hydrogen-bond acceptors (Lipinski definition) is 6. The second-order valence-electron chi connectivity index (χ2n) is 6.49. The van der Waals surface area contributed by atoms with Crippen molar-refractivity contribution >= 4 is 32.9 Å². The van der Waals surface area contributed by atoms with Gasteiger partial charge in [-0.15, -0.1) is 11.3 Å². The maximum Gasteiger partial charge on any atom is 0.162 e. The second-order valence-corrected chi connectivity index (χ2v) is 7.52. The van der Waals surface area contributed by atoms with E-state index in [1.165, 1.54) is 17.4 Å². The van der Waals surface area contributed by atoms with Gasteiger partial charge in [-0.1, -0.05) is 0 Å². The third kappa shape index (κ3) is 3.00. The Balaban J connectivity index is 1.67. The van der Waals surface area contributed by atoms with Crippen molar-refractivity contribution in [1.29, 1.82) is 0 Å². The van der Waals surface area contributed by atoms with Crippen LogP contribution < -0.4 is 11.1 Å². The summed E-state index contributed by atoms with van der Waals surface area (Å²) in [6.07, 6.45) is -0.260. The van der Waals surface area contributed by atoms with Gasteiger partial charge in [0.2, 0.25) is 0 Å². The molecule has 0 amide bonds. The number of anilines is 2. The van der Waals surface area contributed by atoms with Crippen LogP contribution in [0.1, 0.15) is 22.4 Å². The molecule has 26 heavy (non-hydrogen) atoms. The Morgan fingerprint density at radius 2 is 2.12 bits per heavy atom. The molecule has 1 atom stereocenters. The van der Waals surface area contributed by atoms with Crippen LogP contribution in [0, 0.1) is 11.6 Å². The lowest BCUT2D eigenvalue weighted by Crippen LogP contribution is -2.27. The molecule has 0 bridgehead atoms. The summed E-state index contributed by atoms with van der Waals surface area (Å²) in [4.78, 5) is 8.21. The molecule has 0 fully saturated rings. The Labute approximate surface area is 153 Å². The highest BCUT2D eigenvalue weighted by atomic mass is 32.1. The van der Waals surface area contributed by atoms with E-state index in [0.29, 0.717) is 10.6 Å². The first-order valence-corrected chi connectivity index (χ1v) is 9.03. The van der Waals surface area contributed by atoms with E-state index < -0.39 is 17.9 Å². The largest absolute Gasteiger partial charge is 0.397 e. The third-order valence-electron chi connectivity index (χ3n) is 4.56. The summed E-state index contributed by atoms with van der Waals surface area (Å²) in [5.74, 6) is -1.92. The Bertz CT molecular complexity index is 991. The highest BCUT2D eigenvalue weighted by Gasteiger charge is 2.22. The number of halogens is 2. The van der Waals surface area contributed by atoms with E-state index in [0.717, 1.165) is 53.1 Å². The van der Waals surface area contributed by atoms with Gasteiger partial charge in [-0.05, 0) is 30.8 Å². The fraction of sp³-hybridized carbons (Fsp3) is 0.278. The molecule has 0 saturated heterocycles. The van der Waals surface area contributed by atoms with Gasteiger partial charge in [0.05, 0.1) is 10.6 Å². The van der Waals surface area contributed by atoms with Crippen molar-refractivity contribution in [1.82, 2.24) is 9.88 Å². The summed E-state index contributed by atoms with van der Waals surface area (Å²) < 4.78 is 26.4. The predicted molar refractivity (Wildman–Crippen MR) is 99.0 cm³/mol. The van der Waals surface area contributed by atoms with E-state index in [1.54, 1.807) is 0 Å². The van der Waals surface area contributed by atoms with Crippen molar-refractivity contribution in [2.75, 3.05) is 24.6 Å². The molecule has 3 aromatic rings. The molecule has 0 saturated carbocycles. The topological polar surface area (TPSA) is 74.4 Å². The monoisotopic (exact) mass is 376 g/mol. The summed E-state index contributed by atoms with van der Waals surface area (Å²) in [7, 11) is 2.06. The molecule has 1 aliphatic rings. The van der Waals surface area contributed by atoms with E-state index in [9.17, 15) is 13.9 Å². The van der Waals surface area contributed by atoms with Crippen LogP contribution in [0.5, 0.6) is 0 Å². The predicted octanol–water partition coefficient (Wildman–Crippen LogP) is 3.25. The number of aliphatic hydroxyl groups is 1. The second kappa shape index (κ2) is 6.46. The zero-order chi connectivity index (χ0) is 18.4. The van der Waals surface area contributed by atoms with Gasteiger partial charge < -0.3 is 21.1 Å². The number of thiophene rings is 1. The van der Waals surface area contributed by atoms with Crippen molar-refractivity contribution in [3.05, 3.63) is 52.0 Å². The molecule has 136 valence electrons. The Kier molecular flexibility index (Phi) is 4.26. The number of benzene rings is 1. The quantitative estimate of drug-likeness (QED) is 0.612. The van der Waals surface area contributed by atoms with Crippen molar-refractivity contribution in [2.24, 2.45) is 0 Å². The first-order valence-electron chi connectivity index (χ1n) is 8.21. The minimum Gasteiger partial charge on any atom is -0.397 e. The van der Waals surface area contributed by atoms with E-state index >= 15 is 0 Å². The van der Waals surface area contributed by atoms with Crippen molar-refractivity contribution in [2.45, 2.75) is 19.2 Å². The fourth-order valence-corrected chi connectivity index (χ4v) is 4.20. The number of rotatable bonds is 3. The van der Waals surface area contributed by atoms with Gasteiger partial charge in [0, 0.05) is 42.3 Å². The zero-order valence-corrected chi connectivity index (χ0v) is 14.9. The molecular formula is C18H18F2N4OS. The van der Waals surface area contributed by atoms with Crippen LogP contribution in [0.3, 0.4) is 0 Å². The summed E-state index contributed by atoms with van der Waals surface area (Å²) in [6.45, 7) is 1.78. The normalized spacial score (nSPS) is 15.8. The lowest BCUT2D eigenvalue weighted by atomic mass is 10.0. The van der Waals surface area contributed by atoms with Crippen molar-refractivity contribution in [3.8, 4) is 0 Å². The van der Waals surface area contributed by atoms with E-state index in [2.05, 4.69) is 17.3 Å². The first-order chi connectivity index (χ1) is 12.4. The van der Waals surface area contributed by atoms with Crippen molar-refractivity contribution in [3.63, 3.8) is 0 Å². The maximum atomic E-state index is 13.4. The average molecular weight is 376 g/mol. The van der Waals surface area contributed by atoms with Crippen LogP contribution in [0.4, 0.5) is 20.2 Å². The molecule has 1 unspecified atom stereocenters. The molecule has 0 radical (unpaired) electrons. The maximum absolute atomic E-state index is 13.4. The van der Waals surface area contributed by atoms with Gasteiger partial charge in [-0.2, -0.15) is 0 Å². The number of nitrogens with zero attached hydrogens (tertiary/aromatic N) is 2. The molecule has 2 aromatic heterocycles. The lowest BCUT2D eigenvalue weighted by molar-refractivity contribution is 0.213. The summed E-state index contributed by atoms with van der Waals surface area (Å²) in [5.41, 5.74) is 9.16.